The van der Waals surface area contributed by atoms with Crippen molar-refractivity contribution in [2.75, 3.05) is 12.4 Å². The number of nitrogens with zero attached hydrogens (tertiary/aromatic N) is 4. The van der Waals surface area contributed by atoms with Crippen molar-refractivity contribution in [3.8, 4) is 5.75 Å². The number of aromatic nitrogens is 4. The van der Waals surface area contributed by atoms with Crippen molar-refractivity contribution in [3.05, 3.63) is 41.4 Å². The van der Waals surface area contributed by atoms with Crippen LogP contribution in [0.4, 0.5) is 14.6 Å². The average Bonchev–Trinajstić information content (AvgIpc) is 3.32. The van der Waals surface area contributed by atoms with E-state index in [9.17, 15) is 8.78 Å². The molecule has 0 radical (unpaired) electrons. The lowest BCUT2D eigenvalue weighted by Gasteiger charge is -2.14. The third kappa shape index (κ3) is 3.20. The number of ether oxygens (including phenoxy) is 1. The molecule has 142 valence electrons. The van der Waals surface area contributed by atoms with Gasteiger partial charge in [-0.1, -0.05) is 12.8 Å². The Bertz CT molecular complexity index is 982. The minimum atomic E-state index is -0.711. The molecule has 27 heavy (non-hydrogen) atoms. The van der Waals surface area contributed by atoms with Gasteiger partial charge in [0.1, 0.15) is 17.5 Å². The first kappa shape index (κ1) is 17.6. The Morgan fingerprint density at radius 3 is 2.74 bits per heavy atom. The van der Waals surface area contributed by atoms with Crippen LogP contribution in [0.15, 0.2) is 18.3 Å². The average molecular weight is 373 g/mol. The lowest BCUT2D eigenvalue weighted by molar-refractivity contribution is 0.381. The molecule has 2 heterocycles. The largest absolute Gasteiger partial charge is 0.494 e. The minimum Gasteiger partial charge on any atom is -0.494 e. The molecule has 0 amide bonds. The second-order valence-corrected chi connectivity index (χ2v) is 6.81. The van der Waals surface area contributed by atoms with Crippen molar-refractivity contribution in [1.82, 2.24) is 19.7 Å². The quantitative estimate of drug-likeness (QED) is 0.734. The first-order valence-corrected chi connectivity index (χ1v) is 9.03. The maximum absolute atomic E-state index is 14.4. The molecule has 1 N–H and O–H groups in total. The number of hydrogen-bond donors (Lipinski definition) is 1. The molecule has 0 spiro atoms. The van der Waals surface area contributed by atoms with Crippen LogP contribution in [0.3, 0.4) is 0 Å². The fraction of sp³-hybridized carbons (Fsp3) is 0.421. The third-order valence-corrected chi connectivity index (χ3v) is 5.13. The van der Waals surface area contributed by atoms with Gasteiger partial charge in [0.05, 0.1) is 18.7 Å². The molecule has 0 saturated heterocycles. The van der Waals surface area contributed by atoms with E-state index in [1.807, 2.05) is 7.05 Å². The van der Waals surface area contributed by atoms with E-state index < -0.39 is 11.6 Å². The number of methoxy groups -OCH3 is 1. The van der Waals surface area contributed by atoms with Crippen LogP contribution in [0.2, 0.25) is 0 Å². The monoisotopic (exact) mass is 373 g/mol. The number of halogens is 2. The Kier molecular flexibility index (Phi) is 4.63. The van der Waals surface area contributed by atoms with Gasteiger partial charge in [0.15, 0.2) is 17.2 Å². The Labute approximate surface area is 155 Å². The maximum Gasteiger partial charge on any atom is 0.172 e. The van der Waals surface area contributed by atoms with Crippen LogP contribution in [0, 0.1) is 11.6 Å². The molecule has 2 aromatic heterocycles. The van der Waals surface area contributed by atoms with Crippen LogP contribution in [0.1, 0.15) is 43.0 Å². The van der Waals surface area contributed by atoms with Gasteiger partial charge >= 0.3 is 0 Å². The number of rotatable bonds is 5. The Morgan fingerprint density at radius 2 is 2.00 bits per heavy atom. The summed E-state index contributed by atoms with van der Waals surface area (Å²) in [5.41, 5.74) is 0.619. The van der Waals surface area contributed by atoms with Gasteiger partial charge in [-0.15, -0.1) is 0 Å². The summed E-state index contributed by atoms with van der Waals surface area (Å²) in [6, 6.07) is 2.47. The van der Waals surface area contributed by atoms with E-state index in [2.05, 4.69) is 20.4 Å². The molecule has 1 aliphatic carbocycles. The highest BCUT2D eigenvalue weighted by Gasteiger charge is 2.23. The number of anilines is 1. The van der Waals surface area contributed by atoms with Gasteiger partial charge in [-0.2, -0.15) is 5.10 Å². The van der Waals surface area contributed by atoms with Crippen molar-refractivity contribution < 1.29 is 13.5 Å². The third-order valence-electron chi connectivity index (χ3n) is 5.13. The summed E-state index contributed by atoms with van der Waals surface area (Å²) >= 11 is 0. The van der Waals surface area contributed by atoms with Crippen molar-refractivity contribution in [2.24, 2.45) is 7.05 Å². The smallest absolute Gasteiger partial charge is 0.172 e. The maximum atomic E-state index is 14.4. The number of aryl methyl sites for hydroxylation is 1. The first-order chi connectivity index (χ1) is 13.1. The summed E-state index contributed by atoms with van der Waals surface area (Å²) < 4.78 is 35.2. The van der Waals surface area contributed by atoms with E-state index in [4.69, 9.17) is 4.74 Å². The van der Waals surface area contributed by atoms with Gasteiger partial charge in [0, 0.05) is 25.1 Å². The van der Waals surface area contributed by atoms with Gasteiger partial charge in [-0.05, 0) is 25.0 Å². The normalized spacial score (nSPS) is 14.8. The van der Waals surface area contributed by atoms with Gasteiger partial charge in [-0.25, -0.2) is 18.7 Å². The van der Waals surface area contributed by atoms with Crippen LogP contribution >= 0.6 is 0 Å². The lowest BCUT2D eigenvalue weighted by atomic mass is 10.1. The number of hydrogen-bond acceptors (Lipinski definition) is 5. The van der Waals surface area contributed by atoms with E-state index >= 15 is 0 Å². The molecule has 0 aliphatic heterocycles. The highest BCUT2D eigenvalue weighted by molar-refractivity contribution is 5.86. The fourth-order valence-corrected chi connectivity index (χ4v) is 3.61. The zero-order valence-electron chi connectivity index (χ0n) is 15.3. The van der Waals surface area contributed by atoms with Crippen molar-refractivity contribution in [3.63, 3.8) is 0 Å². The SMILES string of the molecule is COc1ccc(F)c(CNc2nc(C3CCCC3)nc3c2cnn3C)c1F. The predicted molar refractivity (Wildman–Crippen MR) is 97.7 cm³/mol. The van der Waals surface area contributed by atoms with Crippen LogP contribution < -0.4 is 10.1 Å². The molecule has 0 unspecified atom stereocenters. The first-order valence-electron chi connectivity index (χ1n) is 9.03. The van der Waals surface area contributed by atoms with Gasteiger partial charge < -0.3 is 10.1 Å². The molecule has 0 bridgehead atoms. The van der Waals surface area contributed by atoms with Gasteiger partial charge in [-0.3, -0.25) is 4.68 Å². The zero-order chi connectivity index (χ0) is 19.0. The van der Waals surface area contributed by atoms with E-state index in [1.165, 1.54) is 32.1 Å². The van der Waals surface area contributed by atoms with Crippen LogP contribution in [-0.2, 0) is 13.6 Å². The molecule has 0 atom stereocenters. The van der Waals surface area contributed by atoms with Crippen LogP contribution in [0.25, 0.3) is 11.0 Å². The molecular formula is C19H21F2N5O. The molecule has 8 heteroatoms. The Morgan fingerprint density at radius 1 is 1.22 bits per heavy atom. The van der Waals surface area contributed by atoms with Gasteiger partial charge in [0.2, 0.25) is 0 Å². The van der Waals surface area contributed by atoms with E-state index in [-0.39, 0.29) is 17.9 Å². The second kappa shape index (κ2) is 7.09. The summed E-state index contributed by atoms with van der Waals surface area (Å²) in [6.07, 6.45) is 6.11. The summed E-state index contributed by atoms with van der Waals surface area (Å²) in [5, 5.41) is 8.05. The molecule has 3 aromatic rings. The topological polar surface area (TPSA) is 64.9 Å². The van der Waals surface area contributed by atoms with Crippen molar-refractivity contribution >= 4 is 16.9 Å². The molecular weight excluding hydrogens is 352 g/mol. The predicted octanol–water partition coefficient (Wildman–Crippen LogP) is 3.92. The Balaban J connectivity index is 1.69. The minimum absolute atomic E-state index is 0.00839. The number of benzene rings is 1. The second-order valence-electron chi connectivity index (χ2n) is 6.81. The zero-order valence-corrected chi connectivity index (χ0v) is 15.3. The molecule has 1 aromatic carbocycles. The molecule has 1 fully saturated rings. The standard InChI is InChI=1S/C19H21F2N5O/c1-26-19-13(10-23-26)18(24-17(25-19)11-5-3-4-6-11)22-9-12-14(20)7-8-15(27-2)16(12)21/h7-8,10-11H,3-6,9H2,1-2H3,(H,22,24,25). The van der Waals surface area contributed by atoms with E-state index in [1.54, 1.807) is 10.9 Å². The highest BCUT2D eigenvalue weighted by atomic mass is 19.1. The van der Waals surface area contributed by atoms with Crippen LogP contribution in [-0.4, -0.2) is 26.9 Å². The van der Waals surface area contributed by atoms with E-state index in [0.717, 1.165) is 24.1 Å². The highest BCUT2D eigenvalue weighted by Crippen LogP contribution is 2.34. The molecule has 4 rings (SSSR count). The summed E-state index contributed by atoms with van der Waals surface area (Å²) in [7, 11) is 3.17. The summed E-state index contributed by atoms with van der Waals surface area (Å²) in [4.78, 5) is 9.34. The fourth-order valence-electron chi connectivity index (χ4n) is 3.61. The van der Waals surface area contributed by atoms with Crippen LogP contribution in [0.5, 0.6) is 5.75 Å². The van der Waals surface area contributed by atoms with E-state index in [0.29, 0.717) is 17.4 Å². The van der Waals surface area contributed by atoms with Crippen molar-refractivity contribution in [1.29, 1.82) is 0 Å². The molecule has 6 nitrogen and oxygen atoms in total. The summed E-state index contributed by atoms with van der Waals surface area (Å²) in [6.45, 7) is -0.0556. The number of nitrogens with one attached hydrogen (secondary N) is 1. The van der Waals surface area contributed by atoms with Gasteiger partial charge in [0.25, 0.3) is 0 Å². The summed E-state index contributed by atoms with van der Waals surface area (Å²) in [5.74, 6) is 0.282. The molecule has 1 saturated carbocycles. The Hall–Kier alpha value is -2.77. The lowest BCUT2D eigenvalue weighted by Crippen LogP contribution is -2.10. The molecule has 1 aliphatic rings. The number of fused-ring (bicyclic) bond motifs is 1. The van der Waals surface area contributed by atoms with Crippen molar-refractivity contribution in [2.45, 2.75) is 38.1 Å².